The summed E-state index contributed by atoms with van der Waals surface area (Å²) in [6.07, 6.45) is 25.0. The maximum atomic E-state index is 5.24. The lowest BCUT2D eigenvalue weighted by molar-refractivity contribution is 0.696. The molecule has 5 aliphatic rings. The van der Waals surface area contributed by atoms with Crippen molar-refractivity contribution in [2.24, 2.45) is 16.0 Å². The molecule has 3 aliphatic carbocycles. The quantitative estimate of drug-likeness (QED) is 0.218. The fourth-order valence-electron chi connectivity index (χ4n) is 7.57. The molecule has 2 N–H and O–H groups in total. The molecule has 5 heteroatoms. The number of aliphatic imine (C=N–C) groups is 1. The van der Waals surface area contributed by atoms with Crippen molar-refractivity contribution in [2.75, 3.05) is 5.88 Å². The second-order valence-electron chi connectivity index (χ2n) is 13.3. The second-order valence-corrected chi connectivity index (χ2v) is 14.3. The molecule has 0 aromatic heterocycles. The van der Waals surface area contributed by atoms with Crippen molar-refractivity contribution in [1.29, 1.82) is 0 Å². The number of benzene rings is 4. The second kappa shape index (κ2) is 13.1. The lowest BCUT2D eigenvalue weighted by atomic mass is 9.83. The lowest BCUT2D eigenvalue weighted by Gasteiger charge is -2.29. The zero-order chi connectivity index (χ0) is 32.6. The maximum absolute atomic E-state index is 5.24. The standard InChI is InChI=1S/C44H38N4S/c1-2-8-33(9-3-1)43-46-41(27-42(47-43)40-12-6-10-31-7-4-5-11-39(31)40)32-17-13-29(14-18-32)35-21-23-38-26-36(22-24-37(38)25-35)30-15-19-34(20-16-30)44-48-45-28-49-44/h2,4-17,19-25,27,32,36,42,45H,1,3,18,26,28H2,(H,46,47). The van der Waals surface area contributed by atoms with Gasteiger partial charge in [0, 0.05) is 28.7 Å². The highest BCUT2D eigenvalue weighted by Gasteiger charge is 2.25. The van der Waals surface area contributed by atoms with E-state index in [0.717, 1.165) is 48.1 Å². The summed E-state index contributed by atoms with van der Waals surface area (Å²) < 4.78 is 0. The minimum Gasteiger partial charge on any atom is -0.359 e. The molecule has 0 saturated heterocycles. The van der Waals surface area contributed by atoms with Crippen molar-refractivity contribution < 1.29 is 0 Å². The van der Waals surface area contributed by atoms with E-state index in [4.69, 9.17) is 4.99 Å². The molecule has 4 nitrogen and oxygen atoms in total. The molecule has 240 valence electrons. The Balaban J connectivity index is 0.941. The van der Waals surface area contributed by atoms with Crippen LogP contribution in [0, 0.1) is 5.92 Å². The topological polar surface area (TPSA) is 48.8 Å². The van der Waals surface area contributed by atoms with Crippen LogP contribution in [-0.2, 0) is 6.42 Å². The van der Waals surface area contributed by atoms with E-state index in [2.05, 4.69) is 155 Å². The molecule has 0 radical (unpaired) electrons. The van der Waals surface area contributed by atoms with E-state index < -0.39 is 0 Å². The van der Waals surface area contributed by atoms with Crippen molar-refractivity contribution in [2.45, 2.75) is 37.6 Å². The molecule has 0 bridgehead atoms. The molecule has 4 aromatic carbocycles. The van der Waals surface area contributed by atoms with Gasteiger partial charge in [0.2, 0.25) is 0 Å². The van der Waals surface area contributed by atoms with Gasteiger partial charge in [0.05, 0.1) is 11.9 Å². The van der Waals surface area contributed by atoms with Gasteiger partial charge < -0.3 is 5.32 Å². The molecule has 4 aromatic rings. The molecule has 0 saturated carbocycles. The number of nitrogens with zero attached hydrogens (tertiary/aromatic N) is 2. The first-order valence-electron chi connectivity index (χ1n) is 17.4. The molecule has 2 heterocycles. The summed E-state index contributed by atoms with van der Waals surface area (Å²) in [5.74, 6) is 2.44. The van der Waals surface area contributed by atoms with E-state index in [1.807, 2.05) is 0 Å². The molecule has 9 rings (SSSR count). The monoisotopic (exact) mass is 654 g/mol. The average molecular weight is 655 g/mol. The van der Waals surface area contributed by atoms with E-state index in [0.29, 0.717) is 5.92 Å². The van der Waals surface area contributed by atoms with E-state index in [1.54, 1.807) is 11.8 Å². The summed E-state index contributed by atoms with van der Waals surface area (Å²) in [5, 5.41) is 11.8. The molecule has 0 fully saturated rings. The number of amidine groups is 1. The number of nitrogens with one attached hydrogen (secondary N) is 2. The summed E-state index contributed by atoms with van der Waals surface area (Å²) >= 11 is 1.75. The zero-order valence-corrected chi connectivity index (χ0v) is 28.2. The number of allylic oxidation sites excluding steroid dienone is 7. The van der Waals surface area contributed by atoms with E-state index in [9.17, 15) is 0 Å². The third-order valence-corrected chi connectivity index (χ3v) is 11.1. The number of rotatable bonds is 6. The highest BCUT2D eigenvalue weighted by Crippen LogP contribution is 2.37. The van der Waals surface area contributed by atoms with Crippen molar-refractivity contribution in [3.8, 4) is 0 Å². The van der Waals surface area contributed by atoms with Crippen molar-refractivity contribution >= 4 is 45.1 Å². The Morgan fingerprint density at radius 1 is 0.755 bits per heavy atom. The number of hydrogen-bond acceptors (Lipinski definition) is 5. The predicted molar refractivity (Wildman–Crippen MR) is 208 cm³/mol. The SMILES string of the molecule is C1=CC(C2=NC(C3C=CC(c4ccc5c(c4)C=CC(c4ccc(C6=NNCS6)cc4)C5)=CC3)=CC(c3cccc4ccccc34)N2)=CCC1. The summed E-state index contributed by atoms with van der Waals surface area (Å²) in [5.41, 5.74) is 14.5. The molecular weight excluding hydrogens is 617 g/mol. The molecule has 3 atom stereocenters. The smallest absolute Gasteiger partial charge is 0.133 e. The fourth-order valence-corrected chi connectivity index (χ4v) is 8.27. The van der Waals surface area contributed by atoms with Crippen molar-refractivity contribution in [1.82, 2.24) is 10.7 Å². The molecular formula is C44H38N4S. The minimum atomic E-state index is 0.0517. The third-order valence-electron chi connectivity index (χ3n) is 10.2. The van der Waals surface area contributed by atoms with Gasteiger partial charge in [-0.3, -0.25) is 5.43 Å². The van der Waals surface area contributed by atoms with Crippen LogP contribution in [0.3, 0.4) is 0 Å². The van der Waals surface area contributed by atoms with Gasteiger partial charge in [0.15, 0.2) is 0 Å². The van der Waals surface area contributed by atoms with Crippen LogP contribution in [-0.4, -0.2) is 16.8 Å². The van der Waals surface area contributed by atoms with Gasteiger partial charge in [-0.25, -0.2) is 4.99 Å². The Bertz CT molecular complexity index is 2190. The van der Waals surface area contributed by atoms with Gasteiger partial charge in [0.1, 0.15) is 10.9 Å². The van der Waals surface area contributed by atoms with Crippen LogP contribution in [0.5, 0.6) is 0 Å². The van der Waals surface area contributed by atoms with Gasteiger partial charge in [0.25, 0.3) is 0 Å². The number of hydrogen-bond donors (Lipinski definition) is 2. The fraction of sp³-hybridized carbons (Fsp3) is 0.182. The van der Waals surface area contributed by atoms with Crippen LogP contribution in [0.25, 0.3) is 22.4 Å². The predicted octanol–water partition coefficient (Wildman–Crippen LogP) is 10.0. The highest BCUT2D eigenvalue weighted by atomic mass is 32.2. The zero-order valence-electron chi connectivity index (χ0n) is 27.3. The molecule has 49 heavy (non-hydrogen) atoms. The van der Waals surface area contributed by atoms with Gasteiger partial charge in [-0.2, -0.15) is 5.10 Å². The van der Waals surface area contributed by atoms with Crippen molar-refractivity contribution in [3.63, 3.8) is 0 Å². The largest absolute Gasteiger partial charge is 0.359 e. The van der Waals surface area contributed by atoms with Crippen LogP contribution >= 0.6 is 11.8 Å². The summed E-state index contributed by atoms with van der Waals surface area (Å²) in [6.45, 7) is 0. The van der Waals surface area contributed by atoms with Crippen molar-refractivity contribution in [3.05, 3.63) is 178 Å². The van der Waals surface area contributed by atoms with E-state index in [-0.39, 0.29) is 12.0 Å². The molecule has 2 aliphatic heterocycles. The summed E-state index contributed by atoms with van der Waals surface area (Å²) in [6, 6.07) is 31.3. The average Bonchev–Trinajstić information content (AvgIpc) is 3.73. The molecule has 0 spiro atoms. The number of hydrazone groups is 1. The highest BCUT2D eigenvalue weighted by molar-refractivity contribution is 8.14. The van der Waals surface area contributed by atoms with E-state index >= 15 is 0 Å². The summed E-state index contributed by atoms with van der Waals surface area (Å²) in [7, 11) is 0. The normalized spacial score (nSPS) is 22.7. The third kappa shape index (κ3) is 6.04. The Morgan fingerprint density at radius 3 is 2.47 bits per heavy atom. The van der Waals surface area contributed by atoms with Crippen LogP contribution in [0.4, 0.5) is 0 Å². The summed E-state index contributed by atoms with van der Waals surface area (Å²) in [4.78, 5) is 5.24. The van der Waals surface area contributed by atoms with Gasteiger partial charge in [-0.1, -0.05) is 139 Å². The Labute approximate surface area is 292 Å². The number of fused-ring (bicyclic) bond motifs is 2. The van der Waals surface area contributed by atoms with Crippen LogP contribution in [0.1, 0.15) is 64.6 Å². The first-order chi connectivity index (χ1) is 24.2. The Kier molecular flexibility index (Phi) is 7.98. The molecule has 3 unspecified atom stereocenters. The first-order valence-corrected chi connectivity index (χ1v) is 18.4. The Hall–Kier alpha value is -5.13. The van der Waals surface area contributed by atoms with E-state index in [1.165, 1.54) is 55.3 Å². The first kappa shape index (κ1) is 30.0. The minimum absolute atomic E-state index is 0.0517. The van der Waals surface area contributed by atoms with Crippen LogP contribution in [0.15, 0.2) is 155 Å². The molecule has 0 amide bonds. The van der Waals surface area contributed by atoms with Gasteiger partial charge >= 0.3 is 0 Å². The maximum Gasteiger partial charge on any atom is 0.133 e. The van der Waals surface area contributed by atoms with Gasteiger partial charge in [-0.05, 0) is 82.0 Å². The Morgan fingerprint density at radius 2 is 1.63 bits per heavy atom. The van der Waals surface area contributed by atoms with Gasteiger partial charge in [-0.15, -0.1) is 0 Å². The van der Waals surface area contributed by atoms with Crippen LogP contribution < -0.4 is 10.7 Å². The van der Waals surface area contributed by atoms with Crippen LogP contribution in [0.2, 0.25) is 0 Å². The lowest BCUT2D eigenvalue weighted by Crippen LogP contribution is -2.33. The number of thioether (sulfide) groups is 1.